The van der Waals surface area contributed by atoms with Crippen molar-refractivity contribution in [3.05, 3.63) is 94.3 Å². The number of nitrogens with zero attached hydrogens (tertiary/aromatic N) is 4. The molecule has 0 radical (unpaired) electrons. The first-order valence-electron chi connectivity index (χ1n) is 10.7. The van der Waals surface area contributed by atoms with Crippen molar-refractivity contribution in [3.8, 4) is 5.69 Å². The van der Waals surface area contributed by atoms with E-state index in [4.69, 9.17) is 5.41 Å². The molecule has 0 atom stereocenters. The quantitative estimate of drug-likeness (QED) is 0.547. The van der Waals surface area contributed by atoms with Gasteiger partial charge in [0.2, 0.25) is 5.17 Å². The highest BCUT2D eigenvalue weighted by Gasteiger charge is 2.35. The first-order valence-corrected chi connectivity index (χ1v) is 11.5. The summed E-state index contributed by atoms with van der Waals surface area (Å²) in [4.78, 5) is 17.1. The van der Waals surface area contributed by atoms with Crippen LogP contribution in [0.5, 0.6) is 0 Å². The summed E-state index contributed by atoms with van der Waals surface area (Å²) in [5.74, 6) is -0.351. The number of nitrogens with one attached hydrogen (secondary N) is 1. The molecule has 0 aliphatic carbocycles. The number of amides is 1. The molecule has 33 heavy (non-hydrogen) atoms. The van der Waals surface area contributed by atoms with Gasteiger partial charge in [0.1, 0.15) is 5.04 Å². The van der Waals surface area contributed by atoms with E-state index in [1.54, 1.807) is 6.08 Å². The van der Waals surface area contributed by atoms with E-state index < -0.39 is 5.91 Å². The van der Waals surface area contributed by atoms with Gasteiger partial charge in [0.25, 0.3) is 5.91 Å². The average Bonchev–Trinajstić information content (AvgIpc) is 3.32. The van der Waals surface area contributed by atoms with Crippen LogP contribution in [0.15, 0.2) is 76.3 Å². The second kappa shape index (κ2) is 8.33. The molecular weight excluding hydrogens is 430 g/mol. The Morgan fingerprint density at radius 2 is 1.76 bits per heavy atom. The fourth-order valence-corrected chi connectivity index (χ4v) is 4.97. The van der Waals surface area contributed by atoms with Gasteiger partial charge >= 0.3 is 0 Å². The van der Waals surface area contributed by atoms with Crippen LogP contribution in [0.2, 0.25) is 0 Å². The number of hydrogen-bond donors (Lipinski definition) is 1. The Morgan fingerprint density at radius 3 is 2.48 bits per heavy atom. The van der Waals surface area contributed by atoms with E-state index in [1.807, 2.05) is 50.2 Å². The minimum absolute atomic E-state index is 0.0562. The number of rotatable bonds is 4. The summed E-state index contributed by atoms with van der Waals surface area (Å²) in [6.07, 6.45) is 2.40. The van der Waals surface area contributed by atoms with Crippen molar-refractivity contribution in [3.63, 3.8) is 0 Å². The maximum absolute atomic E-state index is 12.8. The van der Waals surface area contributed by atoms with Gasteiger partial charge in [0.15, 0.2) is 5.84 Å². The van der Waals surface area contributed by atoms with Crippen molar-refractivity contribution in [2.24, 2.45) is 10.1 Å². The monoisotopic (exact) mass is 453 g/mol. The summed E-state index contributed by atoms with van der Waals surface area (Å²) in [5.41, 5.74) is 6.59. The van der Waals surface area contributed by atoms with Crippen LogP contribution in [0.1, 0.15) is 28.1 Å². The van der Waals surface area contributed by atoms with Gasteiger partial charge in [-0.05, 0) is 67.9 Å². The summed E-state index contributed by atoms with van der Waals surface area (Å²) in [6, 6.07) is 20.4. The van der Waals surface area contributed by atoms with Crippen molar-refractivity contribution < 1.29 is 4.79 Å². The average molecular weight is 454 g/mol. The van der Waals surface area contributed by atoms with E-state index in [1.165, 1.54) is 22.3 Å². The Balaban J connectivity index is 1.46. The van der Waals surface area contributed by atoms with Gasteiger partial charge < -0.3 is 4.57 Å². The Morgan fingerprint density at radius 1 is 1.03 bits per heavy atom. The van der Waals surface area contributed by atoms with Crippen molar-refractivity contribution in [2.75, 3.05) is 0 Å². The van der Waals surface area contributed by atoms with E-state index in [-0.39, 0.29) is 11.4 Å². The fraction of sp³-hybridized carbons (Fsp3) is 0.154. The fourth-order valence-electron chi connectivity index (χ4n) is 4.05. The number of hydrogen-bond acceptors (Lipinski definition) is 4. The van der Waals surface area contributed by atoms with Gasteiger partial charge in [-0.15, -0.1) is 0 Å². The van der Waals surface area contributed by atoms with Gasteiger partial charge in [-0.25, -0.2) is 0 Å². The van der Waals surface area contributed by atoms with E-state index in [0.717, 1.165) is 33.2 Å². The van der Waals surface area contributed by atoms with E-state index >= 15 is 0 Å². The smallest absolute Gasteiger partial charge is 0.283 e. The molecule has 5 rings (SSSR count). The van der Waals surface area contributed by atoms with Crippen LogP contribution in [0, 0.1) is 26.2 Å². The van der Waals surface area contributed by atoms with Crippen LogP contribution in [0.25, 0.3) is 11.8 Å². The van der Waals surface area contributed by atoms with E-state index in [0.29, 0.717) is 11.6 Å². The lowest BCUT2D eigenvalue weighted by Crippen LogP contribution is -2.35. The topological polar surface area (TPSA) is 73.8 Å². The Bertz CT molecular complexity index is 1360. The molecule has 164 valence electrons. The molecule has 0 fully saturated rings. The highest BCUT2D eigenvalue weighted by atomic mass is 32.2. The van der Waals surface area contributed by atoms with Crippen molar-refractivity contribution in [1.82, 2.24) is 9.58 Å². The number of aryl methyl sites for hydroxylation is 2. The highest BCUT2D eigenvalue weighted by Crippen LogP contribution is 2.31. The largest absolute Gasteiger partial charge is 0.318 e. The summed E-state index contributed by atoms with van der Waals surface area (Å²) in [6.45, 7) is 6.12. The predicted molar refractivity (Wildman–Crippen MR) is 135 cm³/mol. The van der Waals surface area contributed by atoms with E-state index in [2.05, 4.69) is 45.9 Å². The minimum atomic E-state index is -0.407. The molecule has 3 aromatic rings. The lowest BCUT2D eigenvalue weighted by atomic mass is 10.1. The summed E-state index contributed by atoms with van der Waals surface area (Å²) < 4.78 is 2.15. The third-order valence-electron chi connectivity index (χ3n) is 5.76. The van der Waals surface area contributed by atoms with Crippen LogP contribution in [-0.2, 0) is 11.2 Å². The Hall–Kier alpha value is -3.71. The SMILES string of the molecule is Cc1ccc(-n2c(C)cc(C=C3C(=N)N4N=C(Cc5ccccc5)SC4=NC3=O)c2C)cc1. The first kappa shape index (κ1) is 21.2. The molecule has 0 saturated heterocycles. The van der Waals surface area contributed by atoms with Crippen LogP contribution in [0.3, 0.4) is 0 Å². The Kier molecular flexibility index (Phi) is 5.34. The minimum Gasteiger partial charge on any atom is -0.318 e. The van der Waals surface area contributed by atoms with Gasteiger partial charge in [0.05, 0.1) is 5.57 Å². The zero-order chi connectivity index (χ0) is 23.1. The third kappa shape index (κ3) is 3.96. The molecule has 2 aliphatic heterocycles. The number of aliphatic imine (C=N–C) groups is 1. The molecule has 6 nitrogen and oxygen atoms in total. The molecule has 1 aromatic heterocycles. The van der Waals surface area contributed by atoms with Crippen LogP contribution in [-0.4, -0.2) is 31.5 Å². The molecule has 2 aliphatic rings. The lowest BCUT2D eigenvalue weighted by molar-refractivity contribution is -0.114. The number of hydrazone groups is 1. The van der Waals surface area contributed by atoms with Gasteiger partial charge in [0, 0.05) is 23.5 Å². The number of thioether (sulfide) groups is 1. The number of aromatic nitrogens is 1. The van der Waals surface area contributed by atoms with Crippen LogP contribution >= 0.6 is 11.8 Å². The van der Waals surface area contributed by atoms with Crippen LogP contribution < -0.4 is 0 Å². The number of carbonyl (C=O) groups excluding carboxylic acids is 1. The molecule has 3 heterocycles. The molecular formula is C26H23N5OS. The predicted octanol–water partition coefficient (Wildman–Crippen LogP) is 5.26. The summed E-state index contributed by atoms with van der Waals surface area (Å²) in [7, 11) is 0. The number of benzene rings is 2. The van der Waals surface area contributed by atoms with E-state index in [9.17, 15) is 4.79 Å². The first-order chi connectivity index (χ1) is 15.9. The number of fused-ring (bicyclic) bond motifs is 1. The molecule has 0 spiro atoms. The summed E-state index contributed by atoms with van der Waals surface area (Å²) in [5, 5.41) is 16.0. The van der Waals surface area contributed by atoms with Crippen LogP contribution in [0.4, 0.5) is 0 Å². The molecule has 7 heteroatoms. The Labute approximate surface area is 196 Å². The normalized spacial score (nSPS) is 16.8. The molecule has 0 unspecified atom stereocenters. The molecule has 0 saturated carbocycles. The maximum atomic E-state index is 12.8. The summed E-state index contributed by atoms with van der Waals surface area (Å²) >= 11 is 1.35. The van der Waals surface area contributed by atoms with Crippen molar-refractivity contribution in [1.29, 1.82) is 5.41 Å². The molecule has 0 bridgehead atoms. The number of carbonyl (C=O) groups is 1. The highest BCUT2D eigenvalue weighted by molar-refractivity contribution is 8.26. The standard InChI is InChI=1S/C26H23N5OS/c1-16-9-11-21(12-10-16)30-17(2)13-20(18(30)3)15-22-24(27)31-26(28-25(22)32)33-23(29-31)14-19-7-5-4-6-8-19/h4-13,15,27H,14H2,1-3H3. The van der Waals surface area contributed by atoms with Gasteiger partial charge in [-0.1, -0.05) is 48.0 Å². The van der Waals surface area contributed by atoms with Crippen molar-refractivity contribution in [2.45, 2.75) is 27.2 Å². The van der Waals surface area contributed by atoms with Crippen molar-refractivity contribution >= 4 is 39.8 Å². The molecule has 1 amide bonds. The zero-order valence-corrected chi connectivity index (χ0v) is 19.5. The second-order valence-electron chi connectivity index (χ2n) is 8.17. The number of amidine groups is 2. The van der Waals surface area contributed by atoms with Gasteiger partial charge in [-0.3, -0.25) is 10.2 Å². The third-order valence-corrected chi connectivity index (χ3v) is 6.67. The van der Waals surface area contributed by atoms with Gasteiger partial charge in [-0.2, -0.15) is 15.1 Å². The molecule has 1 N–H and O–H groups in total. The second-order valence-corrected chi connectivity index (χ2v) is 9.21. The zero-order valence-electron chi connectivity index (χ0n) is 18.7. The lowest BCUT2D eigenvalue weighted by Gasteiger charge is -2.20. The molecule has 2 aromatic carbocycles. The maximum Gasteiger partial charge on any atom is 0.283 e.